The normalized spacial score (nSPS) is 18.5. The van der Waals surface area contributed by atoms with E-state index in [1.807, 2.05) is 24.3 Å². The molecule has 2 aliphatic rings. The van der Waals surface area contributed by atoms with Crippen LogP contribution in [0.15, 0.2) is 53.4 Å². The minimum atomic E-state index is -3.64. The number of ether oxygens (including phenoxy) is 1. The van der Waals surface area contributed by atoms with E-state index in [0.717, 1.165) is 24.5 Å². The second-order valence-electron chi connectivity index (χ2n) is 8.52. The van der Waals surface area contributed by atoms with Gasteiger partial charge in [0.15, 0.2) is 0 Å². The van der Waals surface area contributed by atoms with Crippen LogP contribution < -0.4 is 19.8 Å². The summed E-state index contributed by atoms with van der Waals surface area (Å²) in [5, 5.41) is 2.79. The summed E-state index contributed by atoms with van der Waals surface area (Å²) >= 11 is 0. The Balaban J connectivity index is 1.34. The molecule has 0 aromatic heterocycles. The highest BCUT2D eigenvalue weighted by molar-refractivity contribution is 7.89. The van der Waals surface area contributed by atoms with Gasteiger partial charge in [-0.2, -0.15) is 0 Å². The molecule has 10 heteroatoms. The topological polar surface area (TPSA) is 108 Å². The van der Waals surface area contributed by atoms with Crippen LogP contribution in [-0.4, -0.2) is 60.1 Å². The molecule has 34 heavy (non-hydrogen) atoms. The summed E-state index contributed by atoms with van der Waals surface area (Å²) in [6.45, 7) is 2.87. The maximum atomic E-state index is 12.8. The zero-order chi connectivity index (χ0) is 24.1. The molecule has 0 bridgehead atoms. The predicted octanol–water partition coefficient (Wildman–Crippen LogP) is 2.20. The Bertz CT molecular complexity index is 1110. The van der Waals surface area contributed by atoms with Crippen LogP contribution in [0.25, 0.3) is 0 Å². The summed E-state index contributed by atoms with van der Waals surface area (Å²) in [5.74, 6) is -0.833. The van der Waals surface area contributed by atoms with Crippen molar-refractivity contribution in [1.82, 2.24) is 4.72 Å². The van der Waals surface area contributed by atoms with Crippen molar-refractivity contribution in [3.8, 4) is 0 Å². The van der Waals surface area contributed by atoms with E-state index in [0.29, 0.717) is 12.2 Å². The standard InChI is InChI=1S/C24H30N4O5S/c1-33-15-12-25-34(31,32)22-10-4-19(5-11-22)26-24(30)18-16-23(29)28(17-18)21-8-6-20(7-9-21)27-13-2-3-14-27/h4-11,18,25H,2-3,12-17H2,1H3,(H,26,30). The molecule has 4 rings (SSSR count). The van der Waals surface area contributed by atoms with Crippen molar-refractivity contribution in [2.24, 2.45) is 5.92 Å². The third kappa shape index (κ3) is 5.57. The summed E-state index contributed by atoms with van der Waals surface area (Å²) < 4.78 is 31.8. The Morgan fingerprint density at radius 2 is 1.68 bits per heavy atom. The van der Waals surface area contributed by atoms with Crippen molar-refractivity contribution in [3.05, 3.63) is 48.5 Å². The molecule has 2 aromatic rings. The molecule has 1 unspecified atom stereocenters. The molecule has 0 aliphatic carbocycles. The monoisotopic (exact) mass is 486 g/mol. The number of carbonyl (C=O) groups excluding carboxylic acids is 2. The van der Waals surface area contributed by atoms with Gasteiger partial charge in [-0.25, -0.2) is 13.1 Å². The number of amides is 2. The smallest absolute Gasteiger partial charge is 0.240 e. The number of nitrogens with zero attached hydrogens (tertiary/aromatic N) is 2. The Labute approximate surface area is 200 Å². The summed E-state index contributed by atoms with van der Waals surface area (Å²) in [5.41, 5.74) is 2.42. The van der Waals surface area contributed by atoms with Crippen molar-refractivity contribution in [3.63, 3.8) is 0 Å². The Morgan fingerprint density at radius 1 is 1.03 bits per heavy atom. The van der Waals surface area contributed by atoms with Gasteiger partial charge < -0.3 is 19.9 Å². The van der Waals surface area contributed by atoms with E-state index in [4.69, 9.17) is 4.74 Å². The van der Waals surface area contributed by atoms with E-state index < -0.39 is 15.9 Å². The van der Waals surface area contributed by atoms with E-state index in [-0.39, 0.29) is 36.3 Å². The Morgan fingerprint density at radius 3 is 2.32 bits per heavy atom. The highest BCUT2D eigenvalue weighted by Crippen LogP contribution is 2.29. The van der Waals surface area contributed by atoms with Crippen LogP contribution in [0.1, 0.15) is 19.3 Å². The molecule has 1 atom stereocenters. The first-order valence-electron chi connectivity index (χ1n) is 11.4. The second kappa shape index (κ2) is 10.5. The molecule has 2 saturated heterocycles. The molecule has 2 fully saturated rings. The van der Waals surface area contributed by atoms with E-state index in [1.165, 1.54) is 44.2 Å². The molecule has 2 aromatic carbocycles. The number of methoxy groups -OCH3 is 1. The van der Waals surface area contributed by atoms with Crippen LogP contribution >= 0.6 is 0 Å². The third-order valence-electron chi connectivity index (χ3n) is 6.16. The molecule has 2 aliphatic heterocycles. The third-order valence-corrected chi connectivity index (χ3v) is 7.64. The molecule has 2 heterocycles. The lowest BCUT2D eigenvalue weighted by Crippen LogP contribution is -2.28. The quantitative estimate of drug-likeness (QED) is 0.526. The first-order chi connectivity index (χ1) is 16.4. The molecule has 0 spiro atoms. The molecule has 0 radical (unpaired) electrons. The van der Waals surface area contributed by atoms with E-state index in [9.17, 15) is 18.0 Å². The van der Waals surface area contributed by atoms with Gasteiger partial charge in [0.25, 0.3) is 0 Å². The van der Waals surface area contributed by atoms with Gasteiger partial charge in [-0.05, 0) is 61.4 Å². The minimum Gasteiger partial charge on any atom is -0.383 e. The van der Waals surface area contributed by atoms with Gasteiger partial charge in [0.2, 0.25) is 21.8 Å². The lowest BCUT2D eigenvalue weighted by atomic mass is 10.1. The SMILES string of the molecule is COCCNS(=O)(=O)c1ccc(NC(=O)C2CC(=O)N(c3ccc(N4CCCC4)cc3)C2)cc1. The number of benzene rings is 2. The number of hydrogen-bond donors (Lipinski definition) is 2. The van der Waals surface area contributed by atoms with Gasteiger partial charge in [-0.15, -0.1) is 0 Å². The van der Waals surface area contributed by atoms with Crippen molar-refractivity contribution >= 4 is 38.9 Å². The number of sulfonamides is 1. The van der Waals surface area contributed by atoms with Crippen molar-refractivity contribution in [1.29, 1.82) is 0 Å². The minimum absolute atomic E-state index is 0.0855. The first kappa shape index (κ1) is 24.2. The first-order valence-corrected chi connectivity index (χ1v) is 12.9. The zero-order valence-corrected chi connectivity index (χ0v) is 20.0. The number of carbonyl (C=O) groups is 2. The molecular formula is C24H30N4O5S. The number of anilines is 3. The summed E-state index contributed by atoms with van der Waals surface area (Å²) in [6, 6.07) is 13.9. The van der Waals surface area contributed by atoms with Crippen molar-refractivity contribution in [2.75, 3.05) is 55.0 Å². The van der Waals surface area contributed by atoms with E-state index >= 15 is 0 Å². The van der Waals surface area contributed by atoms with Crippen LogP contribution in [-0.2, 0) is 24.3 Å². The molecule has 2 amide bonds. The van der Waals surface area contributed by atoms with Crippen molar-refractivity contribution in [2.45, 2.75) is 24.2 Å². The maximum absolute atomic E-state index is 12.8. The van der Waals surface area contributed by atoms with Crippen LogP contribution in [0.3, 0.4) is 0 Å². The highest BCUT2D eigenvalue weighted by atomic mass is 32.2. The lowest BCUT2D eigenvalue weighted by molar-refractivity contribution is -0.122. The summed E-state index contributed by atoms with van der Waals surface area (Å²) in [7, 11) is -2.15. The fourth-order valence-electron chi connectivity index (χ4n) is 4.27. The van der Waals surface area contributed by atoms with Crippen LogP contribution in [0.2, 0.25) is 0 Å². The molecule has 9 nitrogen and oxygen atoms in total. The Kier molecular flexibility index (Phi) is 7.50. The zero-order valence-electron chi connectivity index (χ0n) is 19.2. The largest absolute Gasteiger partial charge is 0.383 e. The summed E-state index contributed by atoms with van der Waals surface area (Å²) in [6.07, 6.45) is 2.54. The van der Waals surface area contributed by atoms with Gasteiger partial charge in [-0.1, -0.05) is 0 Å². The number of hydrogen-bond acceptors (Lipinski definition) is 6. The van der Waals surface area contributed by atoms with Crippen LogP contribution in [0, 0.1) is 5.92 Å². The summed E-state index contributed by atoms with van der Waals surface area (Å²) in [4.78, 5) is 29.5. The molecular weight excluding hydrogens is 456 g/mol. The van der Waals surface area contributed by atoms with E-state index in [1.54, 1.807) is 4.90 Å². The number of nitrogens with one attached hydrogen (secondary N) is 2. The average molecular weight is 487 g/mol. The van der Waals surface area contributed by atoms with Gasteiger partial charge in [0.1, 0.15) is 0 Å². The molecule has 182 valence electrons. The van der Waals surface area contributed by atoms with Gasteiger partial charge in [-0.3, -0.25) is 9.59 Å². The van der Waals surface area contributed by atoms with Gasteiger partial charge in [0, 0.05) is 56.8 Å². The van der Waals surface area contributed by atoms with E-state index in [2.05, 4.69) is 14.9 Å². The van der Waals surface area contributed by atoms with Crippen LogP contribution in [0.4, 0.5) is 17.1 Å². The van der Waals surface area contributed by atoms with Gasteiger partial charge in [0.05, 0.1) is 17.4 Å². The Hall–Kier alpha value is -2.95. The predicted molar refractivity (Wildman–Crippen MR) is 130 cm³/mol. The maximum Gasteiger partial charge on any atom is 0.240 e. The fourth-order valence-corrected chi connectivity index (χ4v) is 5.29. The molecule has 0 saturated carbocycles. The average Bonchev–Trinajstić information content (AvgIpc) is 3.50. The lowest BCUT2D eigenvalue weighted by Gasteiger charge is -2.20. The van der Waals surface area contributed by atoms with Crippen molar-refractivity contribution < 1.29 is 22.7 Å². The highest BCUT2D eigenvalue weighted by Gasteiger charge is 2.35. The number of rotatable bonds is 9. The fraction of sp³-hybridized carbons (Fsp3) is 0.417. The van der Waals surface area contributed by atoms with Crippen LogP contribution in [0.5, 0.6) is 0 Å². The van der Waals surface area contributed by atoms with Gasteiger partial charge >= 0.3 is 0 Å². The second-order valence-corrected chi connectivity index (χ2v) is 10.3. The molecule has 2 N–H and O–H groups in total.